The van der Waals surface area contributed by atoms with Gasteiger partial charge in [0.15, 0.2) is 0 Å². The van der Waals surface area contributed by atoms with Crippen LogP contribution in [-0.4, -0.2) is 30.1 Å². The zero-order valence-electron chi connectivity index (χ0n) is 12.5. The Bertz CT molecular complexity index is 305. The minimum atomic E-state index is -0.897. The molecule has 0 saturated carbocycles. The molecular weight excluding hydrogens is 244 g/mol. The van der Waals surface area contributed by atoms with Crippen molar-refractivity contribution in [2.45, 2.75) is 47.0 Å². The van der Waals surface area contributed by atoms with Crippen LogP contribution in [0.25, 0.3) is 0 Å². The normalized spacial score (nSPS) is 15.9. The van der Waals surface area contributed by atoms with E-state index in [0.717, 1.165) is 6.42 Å². The number of carbonyl (C=O) groups is 2. The van der Waals surface area contributed by atoms with Crippen molar-refractivity contribution in [1.29, 1.82) is 0 Å². The van der Waals surface area contributed by atoms with Crippen LogP contribution in [0.5, 0.6) is 0 Å². The summed E-state index contributed by atoms with van der Waals surface area (Å²) < 4.78 is 0. The summed E-state index contributed by atoms with van der Waals surface area (Å²) in [5.41, 5.74) is 4.75. The maximum atomic E-state index is 11.8. The number of carboxylic acids is 1. The van der Waals surface area contributed by atoms with Crippen molar-refractivity contribution in [1.82, 2.24) is 5.32 Å². The van der Waals surface area contributed by atoms with Gasteiger partial charge < -0.3 is 16.2 Å². The first-order chi connectivity index (χ1) is 8.75. The summed E-state index contributed by atoms with van der Waals surface area (Å²) in [7, 11) is 0. The smallest absolute Gasteiger partial charge is 0.311 e. The molecule has 0 aliphatic carbocycles. The van der Waals surface area contributed by atoms with Crippen molar-refractivity contribution < 1.29 is 14.7 Å². The maximum absolute atomic E-state index is 11.8. The first-order valence-electron chi connectivity index (χ1n) is 6.95. The quantitative estimate of drug-likeness (QED) is 0.594. The molecule has 0 radical (unpaired) electrons. The highest BCUT2D eigenvalue weighted by atomic mass is 16.4. The fraction of sp³-hybridized carbons (Fsp3) is 0.857. The van der Waals surface area contributed by atoms with Gasteiger partial charge in [-0.15, -0.1) is 0 Å². The molecule has 0 aliphatic rings. The van der Waals surface area contributed by atoms with Crippen molar-refractivity contribution >= 4 is 11.9 Å². The molecule has 0 heterocycles. The van der Waals surface area contributed by atoms with Crippen molar-refractivity contribution in [3.63, 3.8) is 0 Å². The number of hydrogen-bond acceptors (Lipinski definition) is 3. The molecule has 5 nitrogen and oxygen atoms in total. The van der Waals surface area contributed by atoms with E-state index >= 15 is 0 Å². The van der Waals surface area contributed by atoms with Gasteiger partial charge in [0.1, 0.15) is 0 Å². The SMILES string of the molecule is CCC(C)(CNC(=O)C[C@@H](CN)CC(C)C)C(=O)O. The fourth-order valence-electron chi connectivity index (χ4n) is 1.91. The Morgan fingerprint density at radius 2 is 1.95 bits per heavy atom. The Labute approximate surface area is 115 Å². The van der Waals surface area contributed by atoms with Crippen LogP contribution in [0.1, 0.15) is 47.0 Å². The number of nitrogens with one attached hydrogen (secondary N) is 1. The van der Waals surface area contributed by atoms with Gasteiger partial charge in [-0.05, 0) is 38.1 Å². The summed E-state index contributed by atoms with van der Waals surface area (Å²) in [6.07, 6.45) is 1.76. The molecule has 5 heteroatoms. The Balaban J connectivity index is 4.27. The van der Waals surface area contributed by atoms with Gasteiger partial charge in [0.05, 0.1) is 5.41 Å². The predicted octanol–water partition coefficient (Wildman–Crippen LogP) is 1.61. The summed E-state index contributed by atoms with van der Waals surface area (Å²) in [5, 5.41) is 11.8. The van der Waals surface area contributed by atoms with Crippen molar-refractivity contribution in [3.05, 3.63) is 0 Å². The molecule has 0 aromatic heterocycles. The Morgan fingerprint density at radius 3 is 2.32 bits per heavy atom. The number of carboxylic acid groups (broad SMARTS) is 1. The maximum Gasteiger partial charge on any atom is 0.311 e. The largest absolute Gasteiger partial charge is 0.481 e. The highest BCUT2D eigenvalue weighted by Gasteiger charge is 2.31. The van der Waals surface area contributed by atoms with Crippen LogP contribution < -0.4 is 11.1 Å². The molecule has 0 bridgehead atoms. The number of hydrogen-bond donors (Lipinski definition) is 3. The van der Waals surface area contributed by atoms with Crippen LogP contribution >= 0.6 is 0 Å². The average molecular weight is 272 g/mol. The van der Waals surface area contributed by atoms with Crippen LogP contribution in [0.2, 0.25) is 0 Å². The second-order valence-corrected chi connectivity index (χ2v) is 5.93. The monoisotopic (exact) mass is 272 g/mol. The molecule has 2 atom stereocenters. The van der Waals surface area contributed by atoms with Gasteiger partial charge in [0.2, 0.25) is 5.91 Å². The van der Waals surface area contributed by atoms with Crippen LogP contribution in [-0.2, 0) is 9.59 Å². The van der Waals surface area contributed by atoms with Crippen LogP contribution in [0.4, 0.5) is 0 Å². The number of aliphatic carboxylic acids is 1. The lowest BCUT2D eigenvalue weighted by atomic mass is 9.87. The molecular formula is C14H28N2O3. The van der Waals surface area contributed by atoms with Gasteiger partial charge in [-0.3, -0.25) is 9.59 Å². The van der Waals surface area contributed by atoms with E-state index in [4.69, 9.17) is 10.8 Å². The van der Waals surface area contributed by atoms with Crippen molar-refractivity contribution in [2.75, 3.05) is 13.1 Å². The number of amides is 1. The molecule has 19 heavy (non-hydrogen) atoms. The van der Waals surface area contributed by atoms with E-state index in [-0.39, 0.29) is 18.4 Å². The van der Waals surface area contributed by atoms with Gasteiger partial charge in [0.25, 0.3) is 0 Å². The zero-order valence-corrected chi connectivity index (χ0v) is 12.5. The summed E-state index contributed by atoms with van der Waals surface area (Å²) in [6.45, 7) is 8.29. The van der Waals surface area contributed by atoms with E-state index in [1.54, 1.807) is 6.92 Å². The van der Waals surface area contributed by atoms with Gasteiger partial charge in [-0.2, -0.15) is 0 Å². The Morgan fingerprint density at radius 1 is 1.37 bits per heavy atom. The average Bonchev–Trinajstić information content (AvgIpc) is 2.34. The first kappa shape index (κ1) is 17.9. The minimum Gasteiger partial charge on any atom is -0.481 e. The van der Waals surface area contributed by atoms with E-state index in [1.165, 1.54) is 0 Å². The third-order valence-corrected chi connectivity index (χ3v) is 3.58. The second kappa shape index (κ2) is 8.15. The lowest BCUT2D eigenvalue weighted by Crippen LogP contribution is -2.41. The molecule has 0 saturated heterocycles. The van der Waals surface area contributed by atoms with E-state index in [0.29, 0.717) is 25.3 Å². The van der Waals surface area contributed by atoms with Crippen LogP contribution in [0.3, 0.4) is 0 Å². The summed E-state index contributed by atoms with van der Waals surface area (Å²) >= 11 is 0. The molecule has 4 N–H and O–H groups in total. The topological polar surface area (TPSA) is 92.4 Å². The van der Waals surface area contributed by atoms with E-state index in [2.05, 4.69) is 19.2 Å². The molecule has 0 spiro atoms. The Hall–Kier alpha value is -1.10. The molecule has 0 aromatic rings. The third kappa shape index (κ3) is 6.57. The number of carbonyl (C=O) groups excluding carboxylic acids is 1. The lowest BCUT2D eigenvalue weighted by molar-refractivity contribution is -0.148. The molecule has 0 rings (SSSR count). The summed E-state index contributed by atoms with van der Waals surface area (Å²) in [5.74, 6) is -0.330. The van der Waals surface area contributed by atoms with Gasteiger partial charge >= 0.3 is 5.97 Å². The molecule has 0 aliphatic heterocycles. The molecule has 1 amide bonds. The second-order valence-electron chi connectivity index (χ2n) is 5.93. The zero-order chi connectivity index (χ0) is 15.1. The van der Waals surface area contributed by atoms with Gasteiger partial charge in [-0.25, -0.2) is 0 Å². The fourth-order valence-corrected chi connectivity index (χ4v) is 1.91. The van der Waals surface area contributed by atoms with Crippen LogP contribution in [0.15, 0.2) is 0 Å². The van der Waals surface area contributed by atoms with Crippen LogP contribution in [0, 0.1) is 17.3 Å². The van der Waals surface area contributed by atoms with E-state index in [1.807, 2.05) is 6.92 Å². The molecule has 112 valence electrons. The summed E-state index contributed by atoms with van der Waals surface area (Å²) in [4.78, 5) is 22.9. The summed E-state index contributed by atoms with van der Waals surface area (Å²) in [6, 6.07) is 0. The first-order valence-corrected chi connectivity index (χ1v) is 6.95. The third-order valence-electron chi connectivity index (χ3n) is 3.58. The lowest BCUT2D eigenvalue weighted by Gasteiger charge is -2.24. The predicted molar refractivity (Wildman–Crippen MR) is 75.7 cm³/mol. The number of nitrogens with two attached hydrogens (primary N) is 1. The molecule has 0 fully saturated rings. The molecule has 1 unspecified atom stereocenters. The Kier molecular flexibility index (Phi) is 7.68. The van der Waals surface area contributed by atoms with E-state index < -0.39 is 11.4 Å². The van der Waals surface area contributed by atoms with Gasteiger partial charge in [-0.1, -0.05) is 20.8 Å². The minimum absolute atomic E-state index is 0.114. The van der Waals surface area contributed by atoms with Crippen molar-refractivity contribution in [3.8, 4) is 0 Å². The standard InChI is InChI=1S/C14H28N2O3/c1-5-14(4,13(18)19)9-16-12(17)7-11(8-15)6-10(2)3/h10-11H,5-9,15H2,1-4H3,(H,16,17)(H,18,19)/t11-,14?/m0/s1. The number of rotatable bonds is 9. The van der Waals surface area contributed by atoms with Gasteiger partial charge in [0, 0.05) is 13.0 Å². The molecule has 0 aromatic carbocycles. The van der Waals surface area contributed by atoms with E-state index in [9.17, 15) is 9.59 Å². The highest BCUT2D eigenvalue weighted by Crippen LogP contribution is 2.20. The van der Waals surface area contributed by atoms with Crippen molar-refractivity contribution in [2.24, 2.45) is 23.0 Å². The highest BCUT2D eigenvalue weighted by molar-refractivity contribution is 5.79.